The fourth-order valence-corrected chi connectivity index (χ4v) is 3.37. The molecule has 1 saturated carbocycles. The van der Waals surface area contributed by atoms with Gasteiger partial charge in [-0.2, -0.15) is 4.80 Å². The highest BCUT2D eigenvalue weighted by molar-refractivity contribution is 5.99. The monoisotopic (exact) mass is 292 g/mol. The maximum Gasteiger partial charge on any atom is 0.249 e. The molecule has 0 radical (unpaired) electrons. The summed E-state index contributed by atoms with van der Waals surface area (Å²) in [5.74, 6) is 0.397. The van der Waals surface area contributed by atoms with Gasteiger partial charge < -0.3 is 10.2 Å². The number of hydrogen-bond donors (Lipinski definition) is 1. The van der Waals surface area contributed by atoms with Crippen molar-refractivity contribution < 1.29 is 9.59 Å². The average molecular weight is 292 g/mol. The van der Waals surface area contributed by atoms with Crippen LogP contribution < -0.4 is 5.32 Å². The lowest BCUT2D eigenvalue weighted by molar-refractivity contribution is -0.155. The molecule has 1 atom stereocenters. The largest absolute Gasteiger partial charge is 0.340 e. The molecule has 8 nitrogen and oxygen atoms in total. The van der Waals surface area contributed by atoms with E-state index in [0.29, 0.717) is 12.2 Å². The molecule has 1 aromatic heterocycles. The molecule has 2 heterocycles. The second-order valence-electron chi connectivity index (χ2n) is 5.83. The van der Waals surface area contributed by atoms with E-state index in [-0.39, 0.29) is 18.4 Å². The average Bonchev–Trinajstić information content (AvgIpc) is 3.06. The van der Waals surface area contributed by atoms with Gasteiger partial charge in [0.15, 0.2) is 5.82 Å². The highest BCUT2D eigenvalue weighted by Gasteiger charge is 2.51. The zero-order valence-electron chi connectivity index (χ0n) is 12.4. The molecule has 1 aliphatic heterocycles. The highest BCUT2D eigenvalue weighted by atomic mass is 16.2. The van der Waals surface area contributed by atoms with Crippen LogP contribution in [0.2, 0.25) is 0 Å². The van der Waals surface area contributed by atoms with E-state index in [1.807, 2.05) is 6.92 Å². The smallest absolute Gasteiger partial charge is 0.249 e. The number of aromatic nitrogens is 4. The Hall–Kier alpha value is -1.99. The number of rotatable bonds is 3. The molecule has 1 aliphatic carbocycles. The summed E-state index contributed by atoms with van der Waals surface area (Å²) in [5.41, 5.74) is -0.703. The Balaban J connectivity index is 1.89. The number of hydrogen-bond acceptors (Lipinski definition) is 5. The molecule has 2 fully saturated rings. The van der Waals surface area contributed by atoms with Gasteiger partial charge in [0.2, 0.25) is 11.8 Å². The fourth-order valence-electron chi connectivity index (χ4n) is 3.37. The molecule has 0 bridgehead atoms. The van der Waals surface area contributed by atoms with Crippen LogP contribution in [-0.2, 0) is 23.2 Å². The van der Waals surface area contributed by atoms with Crippen molar-refractivity contribution in [2.24, 2.45) is 7.05 Å². The van der Waals surface area contributed by atoms with E-state index < -0.39 is 11.6 Å². The summed E-state index contributed by atoms with van der Waals surface area (Å²) in [6.45, 7) is 2.14. The third kappa shape index (κ3) is 2.28. The van der Waals surface area contributed by atoms with Crippen LogP contribution in [0.4, 0.5) is 0 Å². The van der Waals surface area contributed by atoms with Crippen LogP contribution in [0.25, 0.3) is 0 Å². The number of aryl methyl sites for hydroxylation is 1. The minimum atomic E-state index is -0.703. The lowest BCUT2D eigenvalue weighted by atomic mass is 9.90. The van der Waals surface area contributed by atoms with Gasteiger partial charge in [0.05, 0.1) is 13.6 Å². The van der Waals surface area contributed by atoms with Crippen LogP contribution in [0.1, 0.15) is 44.9 Å². The number of nitrogens with zero attached hydrogens (tertiary/aromatic N) is 5. The lowest BCUT2D eigenvalue weighted by Gasteiger charge is -2.43. The van der Waals surface area contributed by atoms with E-state index in [9.17, 15) is 9.59 Å². The molecule has 8 heteroatoms. The minimum absolute atomic E-state index is 0.00102. The molecule has 0 aromatic carbocycles. The first-order chi connectivity index (χ1) is 10.1. The summed E-state index contributed by atoms with van der Waals surface area (Å²) in [4.78, 5) is 28.3. The van der Waals surface area contributed by atoms with Crippen LogP contribution in [0, 0.1) is 0 Å². The second-order valence-corrected chi connectivity index (χ2v) is 5.83. The van der Waals surface area contributed by atoms with Crippen molar-refractivity contribution in [1.29, 1.82) is 0 Å². The first-order valence-corrected chi connectivity index (χ1v) is 7.42. The van der Waals surface area contributed by atoms with Crippen molar-refractivity contribution in [2.45, 2.75) is 57.2 Å². The molecule has 2 amide bonds. The van der Waals surface area contributed by atoms with E-state index >= 15 is 0 Å². The number of tetrazole rings is 1. The SMILES string of the molecule is CCC1C(=O)NC2(CCCC2)C(=O)N1Cc1nnn(C)n1. The predicted molar refractivity (Wildman–Crippen MR) is 72.8 cm³/mol. The van der Waals surface area contributed by atoms with Crippen LogP contribution in [0.5, 0.6) is 0 Å². The third-order valence-electron chi connectivity index (χ3n) is 4.42. The summed E-state index contributed by atoms with van der Waals surface area (Å²) in [6.07, 6.45) is 3.96. The van der Waals surface area contributed by atoms with Gasteiger partial charge >= 0.3 is 0 Å². The third-order valence-corrected chi connectivity index (χ3v) is 4.42. The maximum atomic E-state index is 12.9. The zero-order valence-corrected chi connectivity index (χ0v) is 12.4. The van der Waals surface area contributed by atoms with E-state index in [1.165, 1.54) is 4.80 Å². The van der Waals surface area contributed by atoms with Gasteiger partial charge in [-0.25, -0.2) is 0 Å². The van der Waals surface area contributed by atoms with E-state index in [1.54, 1.807) is 11.9 Å². The number of carbonyl (C=O) groups is 2. The molecule has 1 aromatic rings. The summed E-state index contributed by atoms with van der Waals surface area (Å²) < 4.78 is 0. The normalized spacial score (nSPS) is 24.7. The molecule has 3 rings (SSSR count). The van der Waals surface area contributed by atoms with Crippen molar-refractivity contribution in [3.05, 3.63) is 5.82 Å². The van der Waals surface area contributed by atoms with Crippen molar-refractivity contribution in [2.75, 3.05) is 0 Å². The molecule has 2 aliphatic rings. The number of carbonyl (C=O) groups excluding carboxylic acids is 2. The number of amides is 2. The topological polar surface area (TPSA) is 93.0 Å². The van der Waals surface area contributed by atoms with Crippen LogP contribution in [-0.4, -0.2) is 48.5 Å². The predicted octanol–water partition coefficient (Wildman–Crippen LogP) is -0.240. The Morgan fingerprint density at radius 3 is 2.62 bits per heavy atom. The quantitative estimate of drug-likeness (QED) is 0.830. The van der Waals surface area contributed by atoms with Crippen molar-refractivity contribution >= 4 is 11.8 Å². The molecular formula is C13H20N6O2. The Labute approximate surface area is 122 Å². The van der Waals surface area contributed by atoms with Crippen LogP contribution in [0.3, 0.4) is 0 Å². The molecule has 21 heavy (non-hydrogen) atoms. The second kappa shape index (κ2) is 5.09. The van der Waals surface area contributed by atoms with E-state index in [0.717, 1.165) is 25.7 Å². The Kier molecular flexibility index (Phi) is 3.38. The summed E-state index contributed by atoms with van der Waals surface area (Å²) in [6, 6.07) is -0.451. The Morgan fingerprint density at radius 1 is 1.33 bits per heavy atom. The van der Waals surface area contributed by atoms with Gasteiger partial charge in [-0.05, 0) is 24.5 Å². The number of piperazine rings is 1. The van der Waals surface area contributed by atoms with Crippen molar-refractivity contribution in [3.63, 3.8) is 0 Å². The fraction of sp³-hybridized carbons (Fsp3) is 0.769. The molecule has 1 unspecified atom stereocenters. The summed E-state index contributed by atoms with van der Waals surface area (Å²) in [5, 5.41) is 14.8. The number of nitrogens with one attached hydrogen (secondary N) is 1. The zero-order chi connectivity index (χ0) is 15.0. The molecule has 114 valence electrons. The van der Waals surface area contributed by atoms with Gasteiger partial charge in [0.25, 0.3) is 0 Å². The first-order valence-electron chi connectivity index (χ1n) is 7.42. The summed E-state index contributed by atoms with van der Waals surface area (Å²) >= 11 is 0. The van der Waals surface area contributed by atoms with Gasteiger partial charge in [-0.3, -0.25) is 9.59 Å². The summed E-state index contributed by atoms with van der Waals surface area (Å²) in [7, 11) is 1.68. The van der Waals surface area contributed by atoms with Gasteiger partial charge in [0, 0.05) is 0 Å². The van der Waals surface area contributed by atoms with Crippen molar-refractivity contribution in [3.8, 4) is 0 Å². The van der Waals surface area contributed by atoms with Crippen LogP contribution in [0.15, 0.2) is 0 Å². The lowest BCUT2D eigenvalue weighted by Crippen LogP contribution is -2.69. The van der Waals surface area contributed by atoms with Gasteiger partial charge in [-0.1, -0.05) is 19.8 Å². The van der Waals surface area contributed by atoms with Crippen molar-refractivity contribution in [1.82, 2.24) is 30.4 Å². The highest BCUT2D eigenvalue weighted by Crippen LogP contribution is 2.35. The Bertz CT molecular complexity index is 563. The first kappa shape index (κ1) is 14.0. The standard InChI is InChI=1S/C13H20N6O2/c1-3-9-11(20)14-13(6-4-5-7-13)12(21)19(9)8-10-15-17-18(2)16-10/h9H,3-8H2,1-2H3,(H,14,20). The molecular weight excluding hydrogens is 272 g/mol. The molecule has 1 saturated heterocycles. The van der Waals surface area contributed by atoms with Crippen LogP contribution >= 0.6 is 0 Å². The Morgan fingerprint density at radius 2 is 2.05 bits per heavy atom. The van der Waals surface area contributed by atoms with Gasteiger partial charge in [-0.15, -0.1) is 10.2 Å². The minimum Gasteiger partial charge on any atom is -0.340 e. The van der Waals surface area contributed by atoms with E-state index in [2.05, 4.69) is 20.7 Å². The molecule has 1 N–H and O–H groups in total. The van der Waals surface area contributed by atoms with Gasteiger partial charge in [0.1, 0.15) is 11.6 Å². The maximum absolute atomic E-state index is 12.9. The molecule has 1 spiro atoms. The van der Waals surface area contributed by atoms with E-state index in [4.69, 9.17) is 0 Å².